The molecule has 7 nitrogen and oxygen atoms in total. The Balaban J connectivity index is 1.89. The molecule has 0 saturated carbocycles. The van der Waals surface area contributed by atoms with Crippen LogP contribution in [0.1, 0.15) is 23.0 Å². The smallest absolute Gasteiger partial charge is 0.274 e. The van der Waals surface area contributed by atoms with Gasteiger partial charge in [0.05, 0.1) is 42.9 Å². The van der Waals surface area contributed by atoms with Crippen molar-refractivity contribution in [2.45, 2.75) is 20.0 Å². The fraction of sp³-hybridized carbons (Fsp3) is 0.286. The highest BCUT2D eigenvalue weighted by Gasteiger charge is 2.14. The molecule has 0 fully saturated rings. The molecule has 1 heterocycles. The summed E-state index contributed by atoms with van der Waals surface area (Å²) in [4.78, 5) is 25.3. The van der Waals surface area contributed by atoms with Gasteiger partial charge in [-0.2, -0.15) is 5.10 Å². The van der Waals surface area contributed by atoms with Gasteiger partial charge in [-0.05, 0) is 25.1 Å². The predicted molar refractivity (Wildman–Crippen MR) is 107 cm³/mol. The van der Waals surface area contributed by atoms with Crippen LogP contribution in [0.3, 0.4) is 0 Å². The van der Waals surface area contributed by atoms with Gasteiger partial charge in [0.1, 0.15) is 5.75 Å². The largest absolute Gasteiger partial charge is 0.493 e. The molecule has 0 spiro atoms. The molecule has 0 bridgehead atoms. The van der Waals surface area contributed by atoms with Crippen molar-refractivity contribution < 1.29 is 14.3 Å². The molecular weight excluding hydrogens is 358 g/mol. The standard InChI is InChI=1S/C21H23N3O4/c1-3-28-19-11-7-6-10-17(19)20(25)22-14-18-15-8-4-5-9-16(15)21(26)24(23-18)12-13-27-2/h4-11H,3,12-14H2,1-2H3,(H,22,25). The SMILES string of the molecule is CCOc1ccccc1C(=O)NCc1nn(CCOC)c(=O)c2ccccc12. The average Bonchev–Trinajstić information content (AvgIpc) is 2.73. The lowest BCUT2D eigenvalue weighted by atomic mass is 10.1. The monoisotopic (exact) mass is 381 g/mol. The number of carbonyl (C=O) groups is 1. The Kier molecular flexibility index (Phi) is 6.39. The first-order valence-corrected chi connectivity index (χ1v) is 9.13. The van der Waals surface area contributed by atoms with Crippen molar-refractivity contribution in [3.05, 3.63) is 70.1 Å². The molecule has 3 aromatic rings. The third-order valence-corrected chi connectivity index (χ3v) is 4.30. The molecule has 0 aliphatic rings. The van der Waals surface area contributed by atoms with Gasteiger partial charge < -0.3 is 14.8 Å². The zero-order valence-corrected chi connectivity index (χ0v) is 16.0. The van der Waals surface area contributed by atoms with Crippen LogP contribution in [-0.4, -0.2) is 36.0 Å². The highest BCUT2D eigenvalue weighted by atomic mass is 16.5. The zero-order valence-electron chi connectivity index (χ0n) is 16.0. The van der Waals surface area contributed by atoms with E-state index in [2.05, 4.69) is 10.4 Å². The summed E-state index contributed by atoms with van der Waals surface area (Å²) in [6, 6.07) is 14.3. The minimum atomic E-state index is -0.260. The summed E-state index contributed by atoms with van der Waals surface area (Å²) >= 11 is 0. The molecule has 146 valence electrons. The third kappa shape index (κ3) is 4.20. The Bertz CT molecular complexity index is 1030. The molecule has 7 heteroatoms. The maximum absolute atomic E-state index is 12.7. The number of hydrogen-bond donors (Lipinski definition) is 1. The van der Waals surface area contributed by atoms with E-state index in [1.807, 2.05) is 31.2 Å². The molecule has 1 N–H and O–H groups in total. The van der Waals surface area contributed by atoms with Gasteiger partial charge in [0.2, 0.25) is 0 Å². The van der Waals surface area contributed by atoms with E-state index in [4.69, 9.17) is 9.47 Å². The molecule has 0 aliphatic heterocycles. The molecular formula is C21H23N3O4. The van der Waals surface area contributed by atoms with Crippen LogP contribution in [0.5, 0.6) is 5.75 Å². The number of hydrogen-bond acceptors (Lipinski definition) is 5. The summed E-state index contributed by atoms with van der Waals surface area (Å²) in [6.07, 6.45) is 0. The van der Waals surface area contributed by atoms with E-state index in [0.29, 0.717) is 42.2 Å². The first kappa shape index (κ1) is 19.6. The van der Waals surface area contributed by atoms with Gasteiger partial charge in [-0.3, -0.25) is 9.59 Å². The molecule has 2 aromatic carbocycles. The Morgan fingerprint density at radius 1 is 1.11 bits per heavy atom. The van der Waals surface area contributed by atoms with Crippen molar-refractivity contribution >= 4 is 16.7 Å². The van der Waals surface area contributed by atoms with Crippen LogP contribution < -0.4 is 15.6 Å². The minimum absolute atomic E-state index is 0.176. The number of amides is 1. The molecule has 1 aromatic heterocycles. The first-order chi connectivity index (χ1) is 13.7. The fourth-order valence-corrected chi connectivity index (χ4v) is 2.96. The van der Waals surface area contributed by atoms with Crippen molar-refractivity contribution in [3.8, 4) is 5.75 Å². The summed E-state index contributed by atoms with van der Waals surface area (Å²) < 4.78 is 12.0. The van der Waals surface area contributed by atoms with Gasteiger partial charge >= 0.3 is 0 Å². The zero-order chi connectivity index (χ0) is 19.9. The van der Waals surface area contributed by atoms with Crippen molar-refractivity contribution in [2.24, 2.45) is 0 Å². The van der Waals surface area contributed by atoms with Crippen molar-refractivity contribution in [2.75, 3.05) is 20.3 Å². The topological polar surface area (TPSA) is 82.4 Å². The number of nitrogens with zero attached hydrogens (tertiary/aromatic N) is 2. The summed E-state index contributed by atoms with van der Waals surface area (Å²) in [5.74, 6) is 0.273. The molecule has 28 heavy (non-hydrogen) atoms. The van der Waals surface area contributed by atoms with Crippen LogP contribution in [0.4, 0.5) is 0 Å². The highest BCUT2D eigenvalue weighted by Crippen LogP contribution is 2.18. The van der Waals surface area contributed by atoms with Gasteiger partial charge in [0.25, 0.3) is 11.5 Å². The number of aromatic nitrogens is 2. The van der Waals surface area contributed by atoms with Crippen LogP contribution in [0.2, 0.25) is 0 Å². The maximum Gasteiger partial charge on any atom is 0.274 e. The summed E-state index contributed by atoms with van der Waals surface area (Å²) in [6.45, 7) is 3.25. The third-order valence-electron chi connectivity index (χ3n) is 4.30. The number of para-hydroxylation sites is 1. The maximum atomic E-state index is 12.7. The fourth-order valence-electron chi connectivity index (χ4n) is 2.96. The van der Waals surface area contributed by atoms with Gasteiger partial charge in [0.15, 0.2) is 0 Å². The lowest BCUT2D eigenvalue weighted by Crippen LogP contribution is -2.29. The van der Waals surface area contributed by atoms with Crippen LogP contribution in [0.25, 0.3) is 10.8 Å². The van der Waals surface area contributed by atoms with Crippen molar-refractivity contribution in [3.63, 3.8) is 0 Å². The van der Waals surface area contributed by atoms with E-state index >= 15 is 0 Å². The second-order valence-corrected chi connectivity index (χ2v) is 6.13. The van der Waals surface area contributed by atoms with Crippen molar-refractivity contribution in [1.29, 1.82) is 0 Å². The van der Waals surface area contributed by atoms with E-state index in [9.17, 15) is 9.59 Å². The lowest BCUT2D eigenvalue weighted by molar-refractivity contribution is 0.0946. The number of carbonyl (C=O) groups excluding carboxylic acids is 1. The number of benzene rings is 2. The van der Waals surface area contributed by atoms with Crippen molar-refractivity contribution in [1.82, 2.24) is 15.1 Å². The van der Waals surface area contributed by atoms with Gasteiger partial charge in [-0.1, -0.05) is 30.3 Å². The normalized spacial score (nSPS) is 10.8. The quantitative estimate of drug-likeness (QED) is 0.648. The number of fused-ring (bicyclic) bond motifs is 1. The van der Waals surface area contributed by atoms with Crippen LogP contribution in [0, 0.1) is 0 Å². The average molecular weight is 381 g/mol. The van der Waals surface area contributed by atoms with E-state index < -0.39 is 0 Å². The van der Waals surface area contributed by atoms with Gasteiger partial charge in [0, 0.05) is 12.5 Å². The van der Waals surface area contributed by atoms with E-state index in [0.717, 1.165) is 5.39 Å². The number of rotatable bonds is 8. The summed E-state index contributed by atoms with van der Waals surface area (Å²) in [5.41, 5.74) is 0.902. The van der Waals surface area contributed by atoms with E-state index in [1.54, 1.807) is 31.4 Å². The Morgan fingerprint density at radius 3 is 2.57 bits per heavy atom. The van der Waals surface area contributed by atoms with Gasteiger partial charge in [-0.25, -0.2) is 4.68 Å². The second-order valence-electron chi connectivity index (χ2n) is 6.13. The molecule has 0 unspecified atom stereocenters. The van der Waals surface area contributed by atoms with Gasteiger partial charge in [-0.15, -0.1) is 0 Å². The highest BCUT2D eigenvalue weighted by molar-refractivity contribution is 5.97. The minimum Gasteiger partial charge on any atom is -0.493 e. The number of nitrogens with one attached hydrogen (secondary N) is 1. The Morgan fingerprint density at radius 2 is 1.82 bits per heavy atom. The molecule has 0 saturated heterocycles. The second kappa shape index (κ2) is 9.14. The van der Waals surface area contributed by atoms with Crippen LogP contribution >= 0.6 is 0 Å². The molecule has 0 atom stereocenters. The Labute approximate surface area is 162 Å². The molecule has 0 radical (unpaired) electrons. The van der Waals surface area contributed by atoms with Crippen LogP contribution in [0.15, 0.2) is 53.3 Å². The van der Waals surface area contributed by atoms with Crippen LogP contribution in [-0.2, 0) is 17.8 Å². The molecule has 0 aliphatic carbocycles. The first-order valence-electron chi connectivity index (χ1n) is 9.13. The predicted octanol–water partition coefficient (Wildman–Crippen LogP) is 2.37. The Hall–Kier alpha value is -3.19. The molecule has 3 rings (SSSR count). The molecule has 1 amide bonds. The number of methoxy groups -OCH3 is 1. The van der Waals surface area contributed by atoms with E-state index in [1.165, 1.54) is 4.68 Å². The summed E-state index contributed by atoms with van der Waals surface area (Å²) in [7, 11) is 1.57. The number of ether oxygens (including phenoxy) is 2. The lowest BCUT2D eigenvalue weighted by Gasteiger charge is -2.13. The summed E-state index contributed by atoms with van der Waals surface area (Å²) in [5, 5.41) is 8.61. The van der Waals surface area contributed by atoms with E-state index in [-0.39, 0.29) is 18.0 Å².